The molecule has 0 aliphatic carbocycles. The van der Waals surface area contributed by atoms with Crippen LogP contribution in [0.3, 0.4) is 0 Å². The SMILES string of the molecule is CC(C)CNCCCC(C)N1CCSC(C)(C)C1. The van der Waals surface area contributed by atoms with Crippen molar-refractivity contribution in [1.29, 1.82) is 0 Å². The third kappa shape index (κ3) is 6.44. The van der Waals surface area contributed by atoms with E-state index in [0.29, 0.717) is 4.75 Å². The molecule has 0 radical (unpaired) electrons. The molecule has 1 aliphatic heterocycles. The summed E-state index contributed by atoms with van der Waals surface area (Å²) in [6, 6.07) is 0.742. The minimum Gasteiger partial charge on any atom is -0.316 e. The second kappa shape index (κ2) is 7.76. The predicted molar refractivity (Wildman–Crippen MR) is 84.5 cm³/mol. The average molecular weight is 273 g/mol. The summed E-state index contributed by atoms with van der Waals surface area (Å²) in [7, 11) is 0. The van der Waals surface area contributed by atoms with Crippen LogP contribution in [0.15, 0.2) is 0 Å². The molecular formula is C15H32N2S. The molecule has 3 heteroatoms. The first-order valence-corrected chi connectivity index (χ1v) is 8.48. The molecule has 0 aromatic rings. The lowest BCUT2D eigenvalue weighted by atomic mass is 10.1. The van der Waals surface area contributed by atoms with Crippen LogP contribution in [-0.4, -0.2) is 47.6 Å². The van der Waals surface area contributed by atoms with Crippen molar-refractivity contribution in [2.45, 2.75) is 58.2 Å². The molecule has 1 N–H and O–H groups in total. The molecule has 0 amide bonds. The van der Waals surface area contributed by atoms with Crippen molar-refractivity contribution in [2.24, 2.45) is 5.92 Å². The summed E-state index contributed by atoms with van der Waals surface area (Å²) in [6.07, 6.45) is 2.63. The molecule has 18 heavy (non-hydrogen) atoms. The fourth-order valence-electron chi connectivity index (χ4n) is 2.52. The highest BCUT2D eigenvalue weighted by molar-refractivity contribution is 8.00. The molecule has 0 aromatic carbocycles. The quantitative estimate of drug-likeness (QED) is 0.716. The Morgan fingerprint density at radius 2 is 2.00 bits per heavy atom. The van der Waals surface area contributed by atoms with Gasteiger partial charge in [0.15, 0.2) is 0 Å². The van der Waals surface area contributed by atoms with Crippen LogP contribution in [-0.2, 0) is 0 Å². The maximum absolute atomic E-state index is 3.54. The van der Waals surface area contributed by atoms with Gasteiger partial charge in [0.05, 0.1) is 0 Å². The first kappa shape index (κ1) is 16.3. The Labute approximate surface area is 118 Å². The molecule has 1 fully saturated rings. The maximum Gasteiger partial charge on any atom is 0.0231 e. The summed E-state index contributed by atoms with van der Waals surface area (Å²) >= 11 is 2.12. The third-order valence-corrected chi connectivity index (χ3v) is 4.90. The monoisotopic (exact) mass is 272 g/mol. The normalized spacial score (nSPS) is 22.3. The summed E-state index contributed by atoms with van der Waals surface area (Å²) in [5.41, 5.74) is 0. The molecule has 1 saturated heterocycles. The number of nitrogens with zero attached hydrogens (tertiary/aromatic N) is 1. The van der Waals surface area contributed by atoms with Crippen LogP contribution in [0.4, 0.5) is 0 Å². The van der Waals surface area contributed by atoms with Gasteiger partial charge in [-0.3, -0.25) is 4.90 Å². The van der Waals surface area contributed by atoms with Gasteiger partial charge in [0.1, 0.15) is 0 Å². The first-order valence-electron chi connectivity index (χ1n) is 7.49. The number of rotatable bonds is 7. The Hall–Kier alpha value is 0.270. The van der Waals surface area contributed by atoms with Crippen LogP contribution >= 0.6 is 11.8 Å². The Balaban J connectivity index is 2.14. The van der Waals surface area contributed by atoms with Crippen molar-refractivity contribution in [3.63, 3.8) is 0 Å². The van der Waals surface area contributed by atoms with Crippen molar-refractivity contribution in [1.82, 2.24) is 10.2 Å². The van der Waals surface area contributed by atoms with E-state index in [1.807, 2.05) is 0 Å². The topological polar surface area (TPSA) is 15.3 Å². The number of hydrogen-bond acceptors (Lipinski definition) is 3. The molecule has 1 unspecified atom stereocenters. The predicted octanol–water partition coefficient (Wildman–Crippen LogP) is 3.23. The Bertz CT molecular complexity index is 229. The highest BCUT2D eigenvalue weighted by Gasteiger charge is 2.29. The molecule has 1 rings (SSSR count). The lowest BCUT2D eigenvalue weighted by Gasteiger charge is -2.40. The summed E-state index contributed by atoms with van der Waals surface area (Å²) in [5.74, 6) is 2.06. The second-order valence-electron chi connectivity index (χ2n) is 6.67. The van der Waals surface area contributed by atoms with E-state index in [4.69, 9.17) is 0 Å². The van der Waals surface area contributed by atoms with E-state index in [0.717, 1.165) is 18.5 Å². The second-order valence-corrected chi connectivity index (χ2v) is 8.47. The Morgan fingerprint density at radius 1 is 1.28 bits per heavy atom. The summed E-state index contributed by atoms with van der Waals surface area (Å²) in [4.78, 5) is 2.68. The van der Waals surface area contributed by atoms with Crippen LogP contribution in [0.5, 0.6) is 0 Å². The van der Waals surface area contributed by atoms with E-state index in [1.165, 1.54) is 38.2 Å². The van der Waals surface area contributed by atoms with E-state index < -0.39 is 0 Å². The van der Waals surface area contributed by atoms with E-state index in [9.17, 15) is 0 Å². The molecule has 0 bridgehead atoms. The van der Waals surface area contributed by atoms with Gasteiger partial charge in [-0.1, -0.05) is 13.8 Å². The van der Waals surface area contributed by atoms with Gasteiger partial charge >= 0.3 is 0 Å². The zero-order valence-corrected chi connectivity index (χ0v) is 13.8. The molecule has 2 nitrogen and oxygen atoms in total. The van der Waals surface area contributed by atoms with Crippen molar-refractivity contribution < 1.29 is 0 Å². The van der Waals surface area contributed by atoms with Gasteiger partial charge in [0.2, 0.25) is 0 Å². The molecule has 0 saturated carbocycles. The minimum absolute atomic E-state index is 0.447. The van der Waals surface area contributed by atoms with Crippen LogP contribution in [0.25, 0.3) is 0 Å². The first-order chi connectivity index (χ1) is 8.41. The van der Waals surface area contributed by atoms with Gasteiger partial charge in [-0.05, 0) is 52.6 Å². The van der Waals surface area contributed by atoms with Crippen molar-refractivity contribution in [3.05, 3.63) is 0 Å². The van der Waals surface area contributed by atoms with Crippen molar-refractivity contribution >= 4 is 11.8 Å². The molecule has 1 aliphatic rings. The highest BCUT2D eigenvalue weighted by atomic mass is 32.2. The van der Waals surface area contributed by atoms with E-state index >= 15 is 0 Å². The zero-order chi connectivity index (χ0) is 13.6. The molecule has 108 valence electrons. The van der Waals surface area contributed by atoms with Gasteiger partial charge in [0.25, 0.3) is 0 Å². The smallest absolute Gasteiger partial charge is 0.0231 e. The minimum atomic E-state index is 0.447. The third-order valence-electron chi connectivity index (χ3n) is 3.61. The molecular weight excluding hydrogens is 240 g/mol. The van der Waals surface area contributed by atoms with Gasteiger partial charge in [-0.15, -0.1) is 0 Å². The van der Waals surface area contributed by atoms with Gasteiger partial charge < -0.3 is 5.32 Å². The van der Waals surface area contributed by atoms with E-state index in [1.54, 1.807) is 0 Å². The van der Waals surface area contributed by atoms with E-state index in [-0.39, 0.29) is 0 Å². The van der Waals surface area contributed by atoms with Gasteiger partial charge in [-0.2, -0.15) is 11.8 Å². The van der Waals surface area contributed by atoms with Crippen LogP contribution in [0.2, 0.25) is 0 Å². The molecule has 0 spiro atoms. The summed E-state index contributed by atoms with van der Waals surface area (Å²) < 4.78 is 0.447. The molecule has 1 atom stereocenters. The number of thioether (sulfide) groups is 1. The average Bonchev–Trinajstić information content (AvgIpc) is 2.26. The fraction of sp³-hybridized carbons (Fsp3) is 1.00. The van der Waals surface area contributed by atoms with Crippen molar-refractivity contribution in [3.8, 4) is 0 Å². The zero-order valence-electron chi connectivity index (χ0n) is 13.0. The Morgan fingerprint density at radius 3 is 2.61 bits per heavy atom. The van der Waals surface area contributed by atoms with Crippen LogP contribution < -0.4 is 5.32 Å². The highest BCUT2D eigenvalue weighted by Crippen LogP contribution is 2.30. The van der Waals surface area contributed by atoms with E-state index in [2.05, 4.69) is 56.6 Å². The van der Waals surface area contributed by atoms with Gasteiger partial charge in [-0.25, -0.2) is 0 Å². The molecule has 1 heterocycles. The van der Waals surface area contributed by atoms with Crippen molar-refractivity contribution in [2.75, 3.05) is 31.9 Å². The van der Waals surface area contributed by atoms with Crippen LogP contribution in [0, 0.1) is 5.92 Å². The largest absolute Gasteiger partial charge is 0.316 e. The lowest BCUT2D eigenvalue weighted by Crippen LogP contribution is -2.47. The summed E-state index contributed by atoms with van der Waals surface area (Å²) in [5, 5.41) is 3.54. The van der Waals surface area contributed by atoms with Gasteiger partial charge in [0, 0.05) is 29.6 Å². The molecule has 0 aromatic heterocycles. The Kier molecular flexibility index (Phi) is 7.04. The lowest BCUT2D eigenvalue weighted by molar-refractivity contribution is 0.188. The summed E-state index contributed by atoms with van der Waals surface area (Å²) in [6.45, 7) is 16.5. The maximum atomic E-state index is 3.54. The number of nitrogens with one attached hydrogen (secondary N) is 1. The standard InChI is InChI=1S/C15H32N2S/c1-13(2)11-16-8-6-7-14(3)17-9-10-18-15(4,5)12-17/h13-14,16H,6-12H2,1-5H3. The fourth-order valence-corrected chi connectivity index (χ4v) is 3.66. The number of hydrogen-bond donors (Lipinski definition) is 1. The van der Waals surface area contributed by atoms with Crippen LogP contribution in [0.1, 0.15) is 47.5 Å².